The number of carbonyl (C=O) groups excluding carboxylic acids is 1. The van der Waals surface area contributed by atoms with E-state index in [0.717, 1.165) is 4.47 Å². The lowest BCUT2D eigenvalue weighted by Gasteiger charge is -2.37. The van der Waals surface area contributed by atoms with Gasteiger partial charge in [-0.1, -0.05) is 0 Å². The highest BCUT2D eigenvalue weighted by Gasteiger charge is 2.21. The van der Waals surface area contributed by atoms with E-state index in [1.807, 2.05) is 26.8 Å². The lowest BCUT2D eigenvalue weighted by molar-refractivity contribution is -0.271. The molecule has 0 N–H and O–H groups in total. The molecule has 16 heavy (non-hydrogen) atoms. The molecule has 1 heterocycles. The number of hydrogen-bond acceptors (Lipinski definition) is 3. The van der Waals surface area contributed by atoms with Gasteiger partial charge in [0.2, 0.25) is 0 Å². The molecule has 0 aromatic carbocycles. The van der Waals surface area contributed by atoms with Gasteiger partial charge in [0, 0.05) is 16.2 Å². The largest absolute Gasteiger partial charge is 0.530 e. The third-order valence-corrected chi connectivity index (χ3v) is 2.61. The molecule has 0 spiro atoms. The van der Waals surface area contributed by atoms with Crippen molar-refractivity contribution in [1.29, 1.82) is 0 Å². The van der Waals surface area contributed by atoms with Crippen LogP contribution < -0.4 is 5.11 Å². The monoisotopic (exact) mass is 285 g/mol. The predicted molar refractivity (Wildman–Crippen MR) is 62.6 cm³/mol. The van der Waals surface area contributed by atoms with Gasteiger partial charge in [0.25, 0.3) is 0 Å². The van der Waals surface area contributed by atoms with Gasteiger partial charge in [-0.2, -0.15) is 0 Å². The number of halogens is 1. The lowest BCUT2D eigenvalue weighted by Crippen LogP contribution is -2.51. The fourth-order valence-electron chi connectivity index (χ4n) is 1.24. The Bertz CT molecular complexity index is 371. The number of amides is 1. The molecule has 0 atom stereocenters. The topological polar surface area (TPSA) is 56.3 Å². The zero-order valence-corrected chi connectivity index (χ0v) is 11.1. The molecule has 5 heteroatoms. The number of nitrogens with zero attached hydrogens (tertiary/aromatic N) is 2. The SMILES string of the molecule is CC(C)(C)N(Cc1ccc(Br)cn1)C(=O)[O-]. The van der Waals surface area contributed by atoms with Gasteiger partial charge in [-0.3, -0.25) is 4.98 Å². The third kappa shape index (κ3) is 3.48. The van der Waals surface area contributed by atoms with Gasteiger partial charge in [-0.05, 0) is 48.8 Å². The Hall–Kier alpha value is -1.10. The molecule has 0 aliphatic carbocycles. The molecule has 88 valence electrons. The Morgan fingerprint density at radius 1 is 1.50 bits per heavy atom. The van der Waals surface area contributed by atoms with Crippen molar-refractivity contribution in [2.45, 2.75) is 32.9 Å². The number of carbonyl (C=O) groups is 1. The molecule has 0 fully saturated rings. The molecule has 0 aliphatic rings. The summed E-state index contributed by atoms with van der Waals surface area (Å²) in [6, 6.07) is 3.62. The summed E-state index contributed by atoms with van der Waals surface area (Å²) in [6.07, 6.45) is 0.461. The van der Waals surface area contributed by atoms with E-state index in [4.69, 9.17) is 0 Å². The van der Waals surface area contributed by atoms with Gasteiger partial charge >= 0.3 is 0 Å². The Morgan fingerprint density at radius 3 is 2.50 bits per heavy atom. The smallest absolute Gasteiger partial charge is 0.137 e. The van der Waals surface area contributed by atoms with Crippen LogP contribution in [0.5, 0.6) is 0 Å². The molecule has 0 radical (unpaired) electrons. The van der Waals surface area contributed by atoms with Crippen LogP contribution in [-0.2, 0) is 6.54 Å². The highest BCUT2D eigenvalue weighted by molar-refractivity contribution is 9.10. The maximum atomic E-state index is 11.0. The molecule has 4 nitrogen and oxygen atoms in total. The van der Waals surface area contributed by atoms with Crippen LogP contribution in [0, 0.1) is 0 Å². The van der Waals surface area contributed by atoms with Crippen molar-refractivity contribution in [3.63, 3.8) is 0 Å². The van der Waals surface area contributed by atoms with E-state index in [9.17, 15) is 9.90 Å². The standard InChI is InChI=1S/C11H15BrN2O2/c1-11(2,3)14(10(15)16)7-9-5-4-8(12)6-13-9/h4-6H,7H2,1-3H3,(H,15,16)/p-1. The molecule has 1 aromatic rings. The van der Waals surface area contributed by atoms with Crippen LogP contribution in [0.15, 0.2) is 22.8 Å². The molecule has 1 amide bonds. The molecular weight excluding hydrogens is 272 g/mol. The van der Waals surface area contributed by atoms with Crippen molar-refractivity contribution in [2.75, 3.05) is 0 Å². The van der Waals surface area contributed by atoms with E-state index in [-0.39, 0.29) is 6.54 Å². The zero-order chi connectivity index (χ0) is 12.3. The number of carboxylic acid groups (broad SMARTS) is 1. The van der Waals surface area contributed by atoms with Crippen molar-refractivity contribution in [3.05, 3.63) is 28.5 Å². The predicted octanol–water partition coefficient (Wildman–Crippen LogP) is 1.79. The van der Waals surface area contributed by atoms with Crippen molar-refractivity contribution in [2.24, 2.45) is 0 Å². The van der Waals surface area contributed by atoms with Crippen molar-refractivity contribution in [1.82, 2.24) is 9.88 Å². The van der Waals surface area contributed by atoms with Crippen LogP contribution >= 0.6 is 15.9 Å². The minimum Gasteiger partial charge on any atom is -0.530 e. The lowest BCUT2D eigenvalue weighted by atomic mass is 10.1. The number of pyridine rings is 1. The molecule has 0 saturated heterocycles. The van der Waals surface area contributed by atoms with Crippen molar-refractivity contribution in [3.8, 4) is 0 Å². The second kappa shape index (κ2) is 4.82. The Labute approximate surface area is 103 Å². The molecule has 0 unspecified atom stereocenters. The second-order valence-corrected chi connectivity index (χ2v) is 5.41. The van der Waals surface area contributed by atoms with Crippen LogP contribution in [0.4, 0.5) is 4.79 Å². The molecule has 1 aromatic heterocycles. The average Bonchev–Trinajstić information content (AvgIpc) is 2.14. The van der Waals surface area contributed by atoms with Crippen LogP contribution in [-0.4, -0.2) is 21.5 Å². The van der Waals surface area contributed by atoms with Gasteiger partial charge < -0.3 is 14.8 Å². The maximum Gasteiger partial charge on any atom is 0.137 e. The number of rotatable bonds is 2. The van der Waals surface area contributed by atoms with Crippen LogP contribution in [0.1, 0.15) is 26.5 Å². The summed E-state index contributed by atoms with van der Waals surface area (Å²) < 4.78 is 0.868. The maximum absolute atomic E-state index is 11.0. The average molecular weight is 286 g/mol. The Kier molecular flexibility index (Phi) is 3.91. The molecule has 0 aliphatic heterocycles. The van der Waals surface area contributed by atoms with E-state index in [1.165, 1.54) is 4.90 Å². The van der Waals surface area contributed by atoms with E-state index in [0.29, 0.717) is 5.69 Å². The first-order chi connectivity index (χ1) is 7.30. The van der Waals surface area contributed by atoms with E-state index in [1.54, 1.807) is 12.3 Å². The first-order valence-corrected chi connectivity index (χ1v) is 5.69. The number of hydrogen-bond donors (Lipinski definition) is 0. The summed E-state index contributed by atoms with van der Waals surface area (Å²) >= 11 is 3.28. The minimum atomic E-state index is -1.18. The van der Waals surface area contributed by atoms with Gasteiger partial charge in [0.05, 0.1) is 12.2 Å². The normalized spacial score (nSPS) is 11.2. The molecule has 0 bridgehead atoms. The highest BCUT2D eigenvalue weighted by Crippen LogP contribution is 2.16. The van der Waals surface area contributed by atoms with Gasteiger partial charge in [-0.25, -0.2) is 0 Å². The van der Waals surface area contributed by atoms with Crippen LogP contribution in [0.3, 0.4) is 0 Å². The summed E-state index contributed by atoms with van der Waals surface area (Å²) in [7, 11) is 0. The Morgan fingerprint density at radius 2 is 2.12 bits per heavy atom. The van der Waals surface area contributed by atoms with Gasteiger partial charge in [0.15, 0.2) is 0 Å². The summed E-state index contributed by atoms with van der Waals surface area (Å²) in [6.45, 7) is 5.70. The summed E-state index contributed by atoms with van der Waals surface area (Å²) in [5.74, 6) is 0. The van der Waals surface area contributed by atoms with Crippen molar-refractivity contribution >= 4 is 22.0 Å². The van der Waals surface area contributed by atoms with Gasteiger partial charge in [-0.15, -0.1) is 0 Å². The minimum absolute atomic E-state index is 0.235. The Balaban J connectivity index is 2.84. The summed E-state index contributed by atoms with van der Waals surface area (Å²) in [5, 5.41) is 11.0. The summed E-state index contributed by atoms with van der Waals surface area (Å²) in [4.78, 5) is 16.4. The molecule has 1 rings (SSSR count). The van der Waals surface area contributed by atoms with Crippen LogP contribution in [0.2, 0.25) is 0 Å². The van der Waals surface area contributed by atoms with Gasteiger partial charge in [0.1, 0.15) is 6.09 Å². The zero-order valence-electron chi connectivity index (χ0n) is 9.53. The van der Waals surface area contributed by atoms with E-state index in [2.05, 4.69) is 20.9 Å². The van der Waals surface area contributed by atoms with E-state index >= 15 is 0 Å². The fourth-order valence-corrected chi connectivity index (χ4v) is 1.47. The molecule has 0 saturated carbocycles. The highest BCUT2D eigenvalue weighted by atomic mass is 79.9. The first-order valence-electron chi connectivity index (χ1n) is 4.90. The first kappa shape index (κ1) is 13.0. The third-order valence-electron chi connectivity index (χ3n) is 2.14. The van der Waals surface area contributed by atoms with E-state index < -0.39 is 11.6 Å². The van der Waals surface area contributed by atoms with Crippen LogP contribution in [0.25, 0.3) is 0 Å². The van der Waals surface area contributed by atoms with Crippen molar-refractivity contribution < 1.29 is 9.90 Å². The molecular formula is C11H14BrN2O2-. The fraction of sp³-hybridized carbons (Fsp3) is 0.455. The number of aromatic nitrogens is 1. The second-order valence-electron chi connectivity index (χ2n) is 4.49. The summed E-state index contributed by atoms with van der Waals surface area (Å²) in [5.41, 5.74) is 0.204. The quantitative estimate of drug-likeness (QED) is 0.832.